The topological polar surface area (TPSA) is 73.8 Å². The molecule has 0 radical (unpaired) electrons. The molecule has 1 aromatic rings. The minimum absolute atomic E-state index is 0.328. The van der Waals surface area contributed by atoms with Crippen LogP contribution in [-0.2, 0) is 16.4 Å². The fourth-order valence-corrected chi connectivity index (χ4v) is 3.42. The fraction of sp³-hybridized carbons (Fsp3) is 0.588. The summed E-state index contributed by atoms with van der Waals surface area (Å²) in [5, 5.41) is 3.31. The van der Waals surface area contributed by atoms with E-state index in [9.17, 15) is 8.42 Å². The van der Waals surface area contributed by atoms with E-state index in [0.717, 1.165) is 44.7 Å². The third-order valence-electron chi connectivity index (χ3n) is 4.03. The van der Waals surface area contributed by atoms with Gasteiger partial charge in [0.2, 0.25) is 10.0 Å². The lowest BCUT2D eigenvalue weighted by atomic mass is 9.99. The van der Waals surface area contributed by atoms with Gasteiger partial charge in [0.15, 0.2) is 5.96 Å². The Hall–Kier alpha value is -1.60. The second kappa shape index (κ2) is 9.03. The summed E-state index contributed by atoms with van der Waals surface area (Å²) in [5.74, 6) is 1.51. The zero-order valence-electron chi connectivity index (χ0n) is 14.5. The third-order valence-corrected chi connectivity index (χ3v) is 4.75. The fourth-order valence-electron chi connectivity index (χ4n) is 2.96. The summed E-state index contributed by atoms with van der Waals surface area (Å²) in [5.41, 5.74) is 1.38. The Morgan fingerprint density at radius 2 is 2.08 bits per heavy atom. The highest BCUT2D eigenvalue weighted by Crippen LogP contribution is 2.20. The van der Waals surface area contributed by atoms with Gasteiger partial charge < -0.3 is 10.2 Å². The van der Waals surface area contributed by atoms with Crippen molar-refractivity contribution in [2.75, 3.05) is 39.0 Å². The van der Waals surface area contributed by atoms with Crippen molar-refractivity contribution in [2.45, 2.75) is 19.8 Å². The van der Waals surface area contributed by atoms with E-state index in [1.54, 1.807) is 0 Å². The number of likely N-dealkylation sites (tertiary alicyclic amines) is 1. The van der Waals surface area contributed by atoms with Crippen LogP contribution in [0.2, 0.25) is 0 Å². The number of aliphatic imine (C=N–C) groups is 1. The predicted octanol–water partition coefficient (Wildman–Crippen LogP) is 1.07. The van der Waals surface area contributed by atoms with Gasteiger partial charge in [-0.1, -0.05) is 30.3 Å². The molecule has 1 aliphatic rings. The van der Waals surface area contributed by atoms with Gasteiger partial charge in [0.25, 0.3) is 0 Å². The van der Waals surface area contributed by atoms with E-state index >= 15 is 0 Å². The summed E-state index contributed by atoms with van der Waals surface area (Å²) in [7, 11) is -3.15. The minimum atomic E-state index is -3.15. The standard InChI is InChI=1S/C17H28N4O2S/c1-3-18-17(19-10-11-20-24(2,22)23)21-12-9-16(14-21)13-15-7-5-4-6-8-15/h4-8,16,20H,3,9-14H2,1-2H3,(H,18,19). The molecule has 24 heavy (non-hydrogen) atoms. The van der Waals surface area contributed by atoms with Crippen LogP contribution in [0, 0.1) is 5.92 Å². The maximum absolute atomic E-state index is 11.1. The summed E-state index contributed by atoms with van der Waals surface area (Å²) in [6.45, 7) is 5.59. The van der Waals surface area contributed by atoms with E-state index < -0.39 is 10.0 Å². The number of sulfonamides is 1. The average Bonchev–Trinajstić information content (AvgIpc) is 2.99. The first kappa shape index (κ1) is 18.7. The van der Waals surface area contributed by atoms with Crippen molar-refractivity contribution in [1.29, 1.82) is 0 Å². The Bertz CT molecular complexity index is 631. The number of hydrogen-bond acceptors (Lipinski definition) is 3. The Labute approximate surface area is 145 Å². The number of nitrogens with zero attached hydrogens (tertiary/aromatic N) is 2. The number of rotatable bonds is 7. The Morgan fingerprint density at radius 3 is 2.75 bits per heavy atom. The quantitative estimate of drug-likeness (QED) is 0.437. The molecule has 2 rings (SSSR count). The molecule has 1 saturated heterocycles. The largest absolute Gasteiger partial charge is 0.357 e. The van der Waals surface area contributed by atoms with Gasteiger partial charge in [-0.3, -0.25) is 4.99 Å². The lowest BCUT2D eigenvalue weighted by Gasteiger charge is -2.21. The highest BCUT2D eigenvalue weighted by atomic mass is 32.2. The normalized spacial score (nSPS) is 18.8. The monoisotopic (exact) mass is 352 g/mol. The molecule has 6 nitrogen and oxygen atoms in total. The van der Waals surface area contributed by atoms with Gasteiger partial charge in [0, 0.05) is 26.2 Å². The van der Waals surface area contributed by atoms with E-state index in [-0.39, 0.29) is 0 Å². The second-order valence-electron chi connectivity index (χ2n) is 6.19. The van der Waals surface area contributed by atoms with Gasteiger partial charge in [0.1, 0.15) is 0 Å². The number of benzene rings is 1. The van der Waals surface area contributed by atoms with Crippen LogP contribution in [0.5, 0.6) is 0 Å². The molecule has 1 atom stereocenters. The molecule has 1 aliphatic heterocycles. The highest BCUT2D eigenvalue weighted by molar-refractivity contribution is 7.88. The van der Waals surface area contributed by atoms with Crippen LogP contribution in [0.3, 0.4) is 0 Å². The highest BCUT2D eigenvalue weighted by Gasteiger charge is 2.24. The Balaban J connectivity index is 1.87. The first-order valence-corrected chi connectivity index (χ1v) is 10.4. The zero-order valence-corrected chi connectivity index (χ0v) is 15.3. The van der Waals surface area contributed by atoms with Crippen LogP contribution in [0.25, 0.3) is 0 Å². The SMILES string of the molecule is CCNC(=NCCNS(C)(=O)=O)N1CCC(Cc2ccccc2)C1. The van der Waals surface area contributed by atoms with Gasteiger partial charge in [-0.25, -0.2) is 13.1 Å². The lowest BCUT2D eigenvalue weighted by molar-refractivity contribution is 0.460. The zero-order chi connectivity index (χ0) is 17.4. The molecule has 2 N–H and O–H groups in total. The van der Waals surface area contributed by atoms with Crippen molar-refractivity contribution in [3.05, 3.63) is 35.9 Å². The molecule has 1 aromatic carbocycles. The Kier molecular flexibility index (Phi) is 7.05. The molecular formula is C17H28N4O2S. The van der Waals surface area contributed by atoms with Crippen LogP contribution in [0.4, 0.5) is 0 Å². The van der Waals surface area contributed by atoms with E-state index in [2.05, 4.69) is 44.2 Å². The maximum atomic E-state index is 11.1. The van der Waals surface area contributed by atoms with Crippen molar-refractivity contribution in [1.82, 2.24) is 14.9 Å². The Morgan fingerprint density at radius 1 is 1.33 bits per heavy atom. The summed E-state index contributed by atoms with van der Waals surface area (Å²) in [6, 6.07) is 10.6. The van der Waals surface area contributed by atoms with Crippen molar-refractivity contribution in [2.24, 2.45) is 10.9 Å². The molecule has 0 bridgehead atoms. The predicted molar refractivity (Wildman–Crippen MR) is 98.7 cm³/mol. The molecule has 0 spiro atoms. The number of nitrogens with one attached hydrogen (secondary N) is 2. The second-order valence-corrected chi connectivity index (χ2v) is 8.03. The smallest absolute Gasteiger partial charge is 0.208 e. The van der Waals surface area contributed by atoms with Gasteiger partial charge in [-0.2, -0.15) is 0 Å². The number of guanidine groups is 1. The molecular weight excluding hydrogens is 324 g/mol. The van der Waals surface area contributed by atoms with E-state index in [4.69, 9.17) is 0 Å². The first-order valence-electron chi connectivity index (χ1n) is 8.49. The van der Waals surface area contributed by atoms with Gasteiger partial charge in [0.05, 0.1) is 12.8 Å². The average molecular weight is 353 g/mol. The molecule has 7 heteroatoms. The van der Waals surface area contributed by atoms with Gasteiger partial charge in [-0.15, -0.1) is 0 Å². The van der Waals surface area contributed by atoms with Crippen LogP contribution in [0.15, 0.2) is 35.3 Å². The lowest BCUT2D eigenvalue weighted by Crippen LogP contribution is -2.40. The van der Waals surface area contributed by atoms with E-state index in [1.165, 1.54) is 5.56 Å². The van der Waals surface area contributed by atoms with Crippen molar-refractivity contribution in [3.63, 3.8) is 0 Å². The van der Waals surface area contributed by atoms with E-state index in [0.29, 0.717) is 19.0 Å². The molecule has 0 amide bonds. The first-order chi connectivity index (χ1) is 11.5. The summed E-state index contributed by atoms with van der Waals surface area (Å²) < 4.78 is 24.6. The maximum Gasteiger partial charge on any atom is 0.208 e. The molecule has 0 aliphatic carbocycles. The molecule has 1 heterocycles. The minimum Gasteiger partial charge on any atom is -0.357 e. The molecule has 0 aromatic heterocycles. The summed E-state index contributed by atoms with van der Waals surface area (Å²) >= 11 is 0. The van der Waals surface area contributed by atoms with Crippen LogP contribution < -0.4 is 10.0 Å². The van der Waals surface area contributed by atoms with Gasteiger partial charge >= 0.3 is 0 Å². The molecule has 1 unspecified atom stereocenters. The van der Waals surface area contributed by atoms with E-state index in [1.807, 2.05) is 13.0 Å². The molecule has 1 fully saturated rings. The van der Waals surface area contributed by atoms with Crippen molar-refractivity contribution >= 4 is 16.0 Å². The molecule has 134 valence electrons. The van der Waals surface area contributed by atoms with Gasteiger partial charge in [-0.05, 0) is 31.2 Å². The summed E-state index contributed by atoms with van der Waals surface area (Å²) in [6.07, 6.45) is 3.41. The number of hydrogen-bond donors (Lipinski definition) is 2. The van der Waals surface area contributed by atoms with Crippen LogP contribution in [0.1, 0.15) is 18.9 Å². The van der Waals surface area contributed by atoms with Crippen LogP contribution >= 0.6 is 0 Å². The summed E-state index contributed by atoms with van der Waals surface area (Å²) in [4.78, 5) is 6.82. The molecule has 0 saturated carbocycles. The van der Waals surface area contributed by atoms with Crippen LogP contribution in [-0.4, -0.2) is 58.3 Å². The van der Waals surface area contributed by atoms with Crippen molar-refractivity contribution < 1.29 is 8.42 Å². The van der Waals surface area contributed by atoms with Crippen molar-refractivity contribution in [3.8, 4) is 0 Å². The third kappa shape index (κ3) is 6.49.